The van der Waals surface area contributed by atoms with E-state index >= 15 is 0 Å². The van der Waals surface area contributed by atoms with Gasteiger partial charge in [-0.1, -0.05) is 11.6 Å². The lowest BCUT2D eigenvalue weighted by molar-refractivity contribution is 0.0943. The molecule has 0 radical (unpaired) electrons. The highest BCUT2D eigenvalue weighted by Crippen LogP contribution is 2.10. The van der Waals surface area contributed by atoms with Crippen LogP contribution in [0.1, 0.15) is 15.9 Å². The number of carbonyl (C=O) groups is 1. The molecule has 0 aliphatic heterocycles. The monoisotopic (exact) mass is 246 g/mol. The quantitative estimate of drug-likeness (QED) is 0.740. The van der Waals surface area contributed by atoms with Crippen LogP contribution in [0.5, 0.6) is 0 Å². The van der Waals surface area contributed by atoms with E-state index in [-0.39, 0.29) is 24.1 Å². The van der Waals surface area contributed by atoms with Gasteiger partial charge in [0, 0.05) is 23.6 Å². The molecular formula is C13H14N2O3. The molecule has 0 saturated carbocycles. The summed E-state index contributed by atoms with van der Waals surface area (Å²) in [4.78, 5) is 26.8. The molecule has 0 bridgehead atoms. The number of benzene rings is 1. The van der Waals surface area contributed by atoms with Crippen LogP contribution in [0, 0.1) is 6.92 Å². The van der Waals surface area contributed by atoms with Crippen LogP contribution in [0.15, 0.2) is 29.2 Å². The van der Waals surface area contributed by atoms with Gasteiger partial charge in [0.25, 0.3) is 5.91 Å². The zero-order chi connectivity index (χ0) is 13.1. The summed E-state index contributed by atoms with van der Waals surface area (Å²) in [7, 11) is 0. The number of aryl methyl sites for hydroxylation is 1. The van der Waals surface area contributed by atoms with Crippen LogP contribution in [0.25, 0.3) is 10.9 Å². The van der Waals surface area contributed by atoms with E-state index in [9.17, 15) is 9.59 Å². The van der Waals surface area contributed by atoms with Gasteiger partial charge in [-0.3, -0.25) is 9.59 Å². The molecule has 1 amide bonds. The van der Waals surface area contributed by atoms with Gasteiger partial charge in [-0.15, -0.1) is 0 Å². The van der Waals surface area contributed by atoms with E-state index < -0.39 is 5.91 Å². The van der Waals surface area contributed by atoms with E-state index in [0.717, 1.165) is 5.56 Å². The number of H-pyrrole nitrogens is 1. The highest BCUT2D eigenvalue weighted by molar-refractivity contribution is 5.97. The summed E-state index contributed by atoms with van der Waals surface area (Å²) in [5.74, 6) is -0.478. The first-order valence-electron chi connectivity index (χ1n) is 5.64. The molecule has 1 heterocycles. The van der Waals surface area contributed by atoms with Crippen molar-refractivity contribution in [2.45, 2.75) is 6.92 Å². The van der Waals surface area contributed by atoms with Crippen molar-refractivity contribution in [2.75, 3.05) is 13.2 Å². The zero-order valence-electron chi connectivity index (χ0n) is 9.99. The summed E-state index contributed by atoms with van der Waals surface area (Å²) in [6.45, 7) is 1.86. The van der Waals surface area contributed by atoms with Crippen molar-refractivity contribution in [2.24, 2.45) is 0 Å². The van der Waals surface area contributed by atoms with E-state index in [1.807, 2.05) is 19.1 Å². The molecule has 2 rings (SSSR count). The van der Waals surface area contributed by atoms with Crippen molar-refractivity contribution < 1.29 is 9.90 Å². The smallest absolute Gasteiger partial charge is 0.256 e. The minimum Gasteiger partial charge on any atom is -0.395 e. The maximum absolute atomic E-state index is 12.1. The predicted octanol–water partition coefficient (Wildman–Crippen LogP) is 0.559. The van der Waals surface area contributed by atoms with Gasteiger partial charge < -0.3 is 15.4 Å². The number of fused-ring (bicyclic) bond motifs is 1. The fourth-order valence-electron chi connectivity index (χ4n) is 1.77. The first-order chi connectivity index (χ1) is 8.63. The summed E-state index contributed by atoms with van der Waals surface area (Å²) in [6.07, 6.45) is 1.40. The first kappa shape index (κ1) is 12.3. The van der Waals surface area contributed by atoms with Crippen molar-refractivity contribution in [3.05, 3.63) is 45.7 Å². The zero-order valence-corrected chi connectivity index (χ0v) is 9.99. The summed E-state index contributed by atoms with van der Waals surface area (Å²) in [5.41, 5.74) is 1.41. The molecule has 1 aromatic heterocycles. The van der Waals surface area contributed by atoms with E-state index in [2.05, 4.69) is 10.3 Å². The van der Waals surface area contributed by atoms with Gasteiger partial charge in [0.05, 0.1) is 6.61 Å². The van der Waals surface area contributed by atoms with Gasteiger partial charge in [-0.05, 0) is 19.1 Å². The molecule has 0 saturated heterocycles. The van der Waals surface area contributed by atoms with Crippen LogP contribution in [-0.2, 0) is 0 Å². The Labute approximate surface area is 103 Å². The number of nitrogens with one attached hydrogen (secondary N) is 2. The third-order valence-corrected chi connectivity index (χ3v) is 2.68. The highest BCUT2D eigenvalue weighted by atomic mass is 16.3. The van der Waals surface area contributed by atoms with Crippen LogP contribution in [0.2, 0.25) is 0 Å². The number of amides is 1. The molecule has 0 atom stereocenters. The van der Waals surface area contributed by atoms with Gasteiger partial charge >= 0.3 is 0 Å². The summed E-state index contributed by atoms with van der Waals surface area (Å²) in [5, 5.41) is 11.6. The normalized spacial score (nSPS) is 10.6. The van der Waals surface area contributed by atoms with Crippen molar-refractivity contribution in [3.8, 4) is 0 Å². The van der Waals surface area contributed by atoms with Crippen LogP contribution in [0.3, 0.4) is 0 Å². The molecule has 0 unspecified atom stereocenters. The molecule has 0 fully saturated rings. The Kier molecular flexibility index (Phi) is 3.43. The van der Waals surface area contributed by atoms with E-state index in [4.69, 9.17) is 5.11 Å². The second kappa shape index (κ2) is 5.01. The Morgan fingerprint density at radius 3 is 2.94 bits per heavy atom. The van der Waals surface area contributed by atoms with E-state index in [0.29, 0.717) is 10.9 Å². The van der Waals surface area contributed by atoms with Crippen LogP contribution < -0.4 is 10.7 Å². The molecule has 0 aliphatic rings. The number of pyridine rings is 1. The Morgan fingerprint density at radius 2 is 2.22 bits per heavy atom. The highest BCUT2D eigenvalue weighted by Gasteiger charge is 2.12. The van der Waals surface area contributed by atoms with Gasteiger partial charge in [0.1, 0.15) is 5.56 Å². The molecule has 94 valence electrons. The summed E-state index contributed by atoms with van der Waals surface area (Å²) >= 11 is 0. The largest absolute Gasteiger partial charge is 0.395 e. The Hall–Kier alpha value is -2.14. The molecule has 18 heavy (non-hydrogen) atoms. The van der Waals surface area contributed by atoms with Gasteiger partial charge in [-0.2, -0.15) is 0 Å². The standard InChI is InChI=1S/C13H14N2O3/c1-8-2-3-11-9(6-8)12(17)10(7-15-11)13(18)14-4-5-16/h2-3,6-7,16H,4-5H2,1H3,(H,14,18)(H,15,17). The molecular weight excluding hydrogens is 232 g/mol. The van der Waals surface area contributed by atoms with Gasteiger partial charge in [0.2, 0.25) is 5.43 Å². The van der Waals surface area contributed by atoms with Gasteiger partial charge in [0.15, 0.2) is 0 Å². The fourth-order valence-corrected chi connectivity index (χ4v) is 1.77. The Bertz CT molecular complexity index is 646. The summed E-state index contributed by atoms with van der Waals surface area (Å²) in [6, 6.07) is 5.45. The molecule has 5 heteroatoms. The average Bonchev–Trinajstić information content (AvgIpc) is 2.37. The number of aromatic nitrogens is 1. The number of aliphatic hydroxyl groups excluding tert-OH is 1. The molecule has 3 N–H and O–H groups in total. The number of aromatic amines is 1. The lowest BCUT2D eigenvalue weighted by Gasteiger charge is -2.04. The maximum Gasteiger partial charge on any atom is 0.256 e. The number of hydrogen-bond donors (Lipinski definition) is 3. The van der Waals surface area contributed by atoms with Crippen molar-refractivity contribution in [1.29, 1.82) is 0 Å². The van der Waals surface area contributed by atoms with Crippen LogP contribution in [-0.4, -0.2) is 29.1 Å². The van der Waals surface area contributed by atoms with Crippen molar-refractivity contribution in [3.63, 3.8) is 0 Å². The first-order valence-corrected chi connectivity index (χ1v) is 5.64. The number of rotatable bonds is 3. The number of hydrogen-bond acceptors (Lipinski definition) is 3. The minimum absolute atomic E-state index is 0.0570. The summed E-state index contributed by atoms with van der Waals surface area (Å²) < 4.78 is 0. The number of carbonyl (C=O) groups excluding carboxylic acids is 1. The third-order valence-electron chi connectivity index (χ3n) is 2.68. The van der Waals surface area contributed by atoms with Crippen LogP contribution in [0.4, 0.5) is 0 Å². The minimum atomic E-state index is -0.478. The fraction of sp³-hybridized carbons (Fsp3) is 0.231. The second-order valence-corrected chi connectivity index (χ2v) is 4.06. The van der Waals surface area contributed by atoms with Crippen molar-refractivity contribution >= 4 is 16.8 Å². The van der Waals surface area contributed by atoms with E-state index in [1.165, 1.54) is 6.20 Å². The predicted molar refractivity (Wildman–Crippen MR) is 68.7 cm³/mol. The molecule has 0 aliphatic carbocycles. The lowest BCUT2D eigenvalue weighted by Crippen LogP contribution is -2.30. The van der Waals surface area contributed by atoms with Gasteiger partial charge in [-0.25, -0.2) is 0 Å². The maximum atomic E-state index is 12.1. The molecule has 0 spiro atoms. The Balaban J connectivity index is 2.50. The Morgan fingerprint density at radius 1 is 1.44 bits per heavy atom. The average molecular weight is 246 g/mol. The lowest BCUT2D eigenvalue weighted by atomic mass is 10.1. The van der Waals surface area contributed by atoms with Crippen LogP contribution >= 0.6 is 0 Å². The van der Waals surface area contributed by atoms with Crippen molar-refractivity contribution in [1.82, 2.24) is 10.3 Å². The SMILES string of the molecule is Cc1ccc2[nH]cc(C(=O)NCCO)c(=O)c2c1. The third kappa shape index (κ3) is 2.26. The molecule has 1 aromatic carbocycles. The molecule has 5 nitrogen and oxygen atoms in total. The molecule has 2 aromatic rings. The second-order valence-electron chi connectivity index (χ2n) is 4.06. The topological polar surface area (TPSA) is 82.2 Å². The van der Waals surface area contributed by atoms with E-state index in [1.54, 1.807) is 6.07 Å². The number of aliphatic hydroxyl groups is 1.